The number of allylic oxidation sites excluding steroid dienone is 1. The van der Waals surface area contributed by atoms with Gasteiger partial charge in [0, 0.05) is 13.0 Å². The quantitative estimate of drug-likeness (QED) is 0.216. The molecule has 3 heteroatoms. The lowest BCUT2D eigenvalue weighted by Crippen LogP contribution is -2.51. The minimum atomic E-state index is -0.0187. The van der Waals surface area contributed by atoms with Crippen molar-refractivity contribution in [3.63, 3.8) is 0 Å². The van der Waals surface area contributed by atoms with Crippen LogP contribution in [0.4, 0.5) is 0 Å². The van der Waals surface area contributed by atoms with Gasteiger partial charge >= 0.3 is 5.97 Å². The molecular weight excluding hydrogens is 454 g/mol. The van der Waals surface area contributed by atoms with Crippen LogP contribution in [0.1, 0.15) is 119 Å². The monoisotopic (exact) mass is 513 g/mol. The Morgan fingerprint density at radius 2 is 1.81 bits per heavy atom. The average Bonchev–Trinajstić information content (AvgIpc) is 3.20. The predicted octanol–water partition coefficient (Wildman–Crippen LogP) is 8.53. The number of fused-ring (bicyclic) bond motifs is 5. The minimum absolute atomic E-state index is 0.0187. The first-order valence-electron chi connectivity index (χ1n) is 16.0. The van der Waals surface area contributed by atoms with Crippen molar-refractivity contribution in [2.75, 3.05) is 20.6 Å². The first-order valence-corrected chi connectivity index (χ1v) is 16.0. The van der Waals surface area contributed by atoms with Crippen molar-refractivity contribution in [3.05, 3.63) is 11.6 Å². The Hall–Kier alpha value is -0.830. The summed E-state index contributed by atoms with van der Waals surface area (Å²) in [6.45, 7) is 15.9. The molecular formula is C34H59NO2. The Labute approximate surface area is 229 Å². The molecule has 4 aliphatic carbocycles. The van der Waals surface area contributed by atoms with Gasteiger partial charge in [-0.2, -0.15) is 0 Å². The number of ether oxygens (including phenoxy) is 1. The van der Waals surface area contributed by atoms with Crippen LogP contribution in [-0.4, -0.2) is 37.6 Å². The molecule has 0 bridgehead atoms. The van der Waals surface area contributed by atoms with Crippen LogP contribution in [0.2, 0.25) is 0 Å². The van der Waals surface area contributed by atoms with Gasteiger partial charge in [0.1, 0.15) is 6.10 Å². The smallest absolute Gasteiger partial charge is 0.307 e. The molecule has 37 heavy (non-hydrogen) atoms. The first-order chi connectivity index (χ1) is 17.5. The lowest BCUT2D eigenvalue weighted by atomic mass is 9.47. The molecule has 1 unspecified atom stereocenters. The van der Waals surface area contributed by atoms with E-state index >= 15 is 0 Å². The molecule has 4 aliphatic rings. The predicted molar refractivity (Wildman–Crippen MR) is 155 cm³/mol. The second-order valence-corrected chi connectivity index (χ2v) is 14.9. The highest BCUT2D eigenvalue weighted by Gasteiger charge is 2.59. The zero-order valence-corrected chi connectivity index (χ0v) is 25.7. The zero-order valence-electron chi connectivity index (χ0n) is 25.7. The summed E-state index contributed by atoms with van der Waals surface area (Å²) in [5.74, 6) is 6.07. The van der Waals surface area contributed by atoms with Crippen LogP contribution >= 0.6 is 0 Å². The van der Waals surface area contributed by atoms with E-state index in [2.05, 4.69) is 52.5 Å². The van der Waals surface area contributed by atoms with Gasteiger partial charge in [-0.05, 0) is 118 Å². The zero-order chi connectivity index (χ0) is 27.0. The maximum atomic E-state index is 12.4. The van der Waals surface area contributed by atoms with Crippen LogP contribution in [0, 0.1) is 52.3 Å². The van der Waals surface area contributed by atoms with E-state index in [1.165, 1.54) is 57.8 Å². The lowest BCUT2D eigenvalue weighted by Gasteiger charge is -2.58. The second kappa shape index (κ2) is 11.7. The molecule has 0 saturated heterocycles. The summed E-state index contributed by atoms with van der Waals surface area (Å²) in [6, 6.07) is 0. The number of carbonyl (C=O) groups excluding carboxylic acids is 1. The van der Waals surface area contributed by atoms with Crippen LogP contribution < -0.4 is 0 Å². The van der Waals surface area contributed by atoms with Crippen molar-refractivity contribution >= 4 is 5.97 Å². The van der Waals surface area contributed by atoms with Crippen LogP contribution in [0.3, 0.4) is 0 Å². The van der Waals surface area contributed by atoms with Gasteiger partial charge in [0.25, 0.3) is 0 Å². The fraction of sp³-hybridized carbons (Fsp3) is 0.912. The van der Waals surface area contributed by atoms with Gasteiger partial charge < -0.3 is 9.64 Å². The molecule has 0 aromatic heterocycles. The molecule has 3 fully saturated rings. The summed E-state index contributed by atoms with van der Waals surface area (Å²) in [5, 5.41) is 0. The number of nitrogens with zero attached hydrogens (tertiary/aromatic N) is 1. The minimum Gasteiger partial charge on any atom is -0.462 e. The third kappa shape index (κ3) is 5.87. The number of hydrogen-bond donors (Lipinski definition) is 0. The number of rotatable bonds is 10. The van der Waals surface area contributed by atoms with E-state index in [1.807, 2.05) is 14.1 Å². The Kier molecular flexibility index (Phi) is 9.24. The van der Waals surface area contributed by atoms with Gasteiger partial charge in [0.05, 0.1) is 6.42 Å². The van der Waals surface area contributed by atoms with E-state index in [-0.39, 0.29) is 12.1 Å². The summed E-state index contributed by atoms with van der Waals surface area (Å²) in [5.41, 5.74) is 2.49. The number of carbonyl (C=O) groups is 1. The molecule has 9 atom stereocenters. The molecule has 0 aliphatic heterocycles. The van der Waals surface area contributed by atoms with E-state index in [0.717, 1.165) is 60.8 Å². The van der Waals surface area contributed by atoms with Gasteiger partial charge in [0.15, 0.2) is 0 Å². The second-order valence-electron chi connectivity index (χ2n) is 14.9. The molecule has 4 rings (SSSR count). The lowest BCUT2D eigenvalue weighted by molar-refractivity contribution is -0.151. The maximum absolute atomic E-state index is 12.4. The van der Waals surface area contributed by atoms with E-state index in [9.17, 15) is 4.79 Å². The molecule has 0 radical (unpaired) electrons. The van der Waals surface area contributed by atoms with E-state index in [0.29, 0.717) is 17.3 Å². The van der Waals surface area contributed by atoms with Gasteiger partial charge in [-0.15, -0.1) is 0 Å². The average molecular weight is 514 g/mol. The van der Waals surface area contributed by atoms with Crippen molar-refractivity contribution in [1.29, 1.82) is 0 Å². The number of hydrogen-bond acceptors (Lipinski definition) is 3. The van der Waals surface area contributed by atoms with Crippen molar-refractivity contribution < 1.29 is 9.53 Å². The molecule has 212 valence electrons. The molecule has 3 nitrogen and oxygen atoms in total. The van der Waals surface area contributed by atoms with Crippen molar-refractivity contribution in [2.24, 2.45) is 52.3 Å². The first kappa shape index (κ1) is 29.2. The fourth-order valence-electron chi connectivity index (χ4n) is 9.95. The molecule has 0 amide bonds. The highest BCUT2D eigenvalue weighted by Crippen LogP contribution is 2.67. The van der Waals surface area contributed by atoms with E-state index < -0.39 is 0 Å². The van der Waals surface area contributed by atoms with Crippen LogP contribution in [0.15, 0.2) is 11.6 Å². The Balaban J connectivity index is 1.40. The van der Waals surface area contributed by atoms with Crippen molar-refractivity contribution in [1.82, 2.24) is 4.90 Å². The maximum Gasteiger partial charge on any atom is 0.307 e. The summed E-state index contributed by atoms with van der Waals surface area (Å²) in [7, 11) is 4.03. The standard InChI is InChI=1S/C34H59NO2/c1-9-25(23(2)3)11-10-24(4)29-14-15-30-28-13-12-26-22-27(37-32(36)18-21-35(7)8)16-19-33(26,5)31(28)17-20-34(29,30)6/h12,23-25,27-31H,9-11,13-22H2,1-8H3/t24-,25-,27+,28+,29?,30+,31+,33+,34-/m1/s1. The van der Waals surface area contributed by atoms with Gasteiger partial charge in [0.2, 0.25) is 0 Å². The highest BCUT2D eigenvalue weighted by molar-refractivity contribution is 5.69. The van der Waals surface area contributed by atoms with E-state index in [1.54, 1.807) is 5.57 Å². The summed E-state index contributed by atoms with van der Waals surface area (Å²) in [4.78, 5) is 14.5. The number of esters is 1. The van der Waals surface area contributed by atoms with Crippen LogP contribution in [0.5, 0.6) is 0 Å². The molecule has 0 spiro atoms. The SMILES string of the molecule is CC[C@H](CC[C@@H](C)C1CC[C@H]2[C@@H]3CC=C4C[C@@H](OC(=O)CCN(C)C)CC[C@]4(C)[C@H]3CC[C@]12C)C(C)C. The summed E-state index contributed by atoms with van der Waals surface area (Å²) < 4.78 is 5.95. The van der Waals surface area contributed by atoms with Crippen LogP contribution in [0.25, 0.3) is 0 Å². The topological polar surface area (TPSA) is 29.5 Å². The van der Waals surface area contributed by atoms with E-state index in [4.69, 9.17) is 4.74 Å². The normalized spacial score (nSPS) is 39.0. The van der Waals surface area contributed by atoms with Gasteiger partial charge in [-0.3, -0.25) is 4.79 Å². The highest BCUT2D eigenvalue weighted by atomic mass is 16.5. The van der Waals surface area contributed by atoms with Crippen LogP contribution in [-0.2, 0) is 9.53 Å². The van der Waals surface area contributed by atoms with Crippen molar-refractivity contribution in [3.8, 4) is 0 Å². The van der Waals surface area contributed by atoms with Gasteiger partial charge in [-0.1, -0.05) is 66.0 Å². The Bertz CT molecular complexity index is 817. The summed E-state index contributed by atoms with van der Waals surface area (Å²) >= 11 is 0. The third-order valence-corrected chi connectivity index (χ3v) is 12.3. The third-order valence-electron chi connectivity index (χ3n) is 12.3. The molecule has 0 heterocycles. The molecule has 3 saturated carbocycles. The van der Waals surface area contributed by atoms with Crippen molar-refractivity contribution in [2.45, 2.75) is 125 Å². The fourth-order valence-corrected chi connectivity index (χ4v) is 9.95. The Morgan fingerprint density at radius 1 is 1.05 bits per heavy atom. The van der Waals surface area contributed by atoms with Gasteiger partial charge in [-0.25, -0.2) is 0 Å². The molecule has 0 aromatic rings. The molecule has 0 N–H and O–H groups in total. The Morgan fingerprint density at radius 3 is 2.49 bits per heavy atom. The molecule has 0 aromatic carbocycles. The largest absolute Gasteiger partial charge is 0.462 e. The summed E-state index contributed by atoms with van der Waals surface area (Å²) in [6.07, 6.45) is 17.6.